The highest BCUT2D eigenvalue weighted by Crippen LogP contribution is 2.24. The van der Waals surface area contributed by atoms with E-state index in [1.807, 2.05) is 0 Å². The van der Waals surface area contributed by atoms with Gasteiger partial charge in [-0.15, -0.1) is 0 Å². The zero-order valence-corrected chi connectivity index (χ0v) is 9.76. The van der Waals surface area contributed by atoms with Crippen molar-refractivity contribution in [1.82, 2.24) is 0 Å². The number of nitrogen functional groups attached to an aromatic ring is 1. The molecule has 0 saturated heterocycles. The number of hydrogen-bond acceptors (Lipinski definition) is 2. The average Bonchev–Trinajstić information content (AvgIpc) is 1.99. The lowest BCUT2D eigenvalue weighted by Gasteiger charge is -2.29. The third-order valence-electron chi connectivity index (χ3n) is 2.60. The van der Waals surface area contributed by atoms with Crippen molar-refractivity contribution in [1.29, 1.82) is 0 Å². The van der Waals surface area contributed by atoms with Crippen LogP contribution in [-0.4, -0.2) is 6.04 Å². The van der Waals surface area contributed by atoms with Gasteiger partial charge >= 0.3 is 0 Å². The first kappa shape index (κ1) is 11.8. The topological polar surface area (TPSA) is 38.0 Å². The molecule has 15 heavy (non-hydrogen) atoms. The van der Waals surface area contributed by atoms with E-state index in [1.165, 1.54) is 12.1 Å². The number of nitrogens with two attached hydrogens (primary N) is 1. The zero-order valence-electron chi connectivity index (χ0n) is 9.76. The molecule has 0 radical (unpaired) electrons. The van der Waals surface area contributed by atoms with E-state index in [0.717, 1.165) is 5.69 Å². The number of nitrogens with one attached hydrogen (secondary N) is 1. The first-order chi connectivity index (χ1) is 6.79. The van der Waals surface area contributed by atoms with Gasteiger partial charge in [0.1, 0.15) is 5.82 Å². The smallest absolute Gasteiger partial charge is 0.127 e. The Hall–Kier alpha value is -1.25. The van der Waals surface area contributed by atoms with Gasteiger partial charge in [-0.25, -0.2) is 4.39 Å². The molecular formula is C12H19FN2. The van der Waals surface area contributed by atoms with Gasteiger partial charge in [-0.1, -0.05) is 20.8 Å². The largest absolute Gasteiger partial charge is 0.399 e. The predicted molar refractivity (Wildman–Crippen MR) is 63.4 cm³/mol. The summed E-state index contributed by atoms with van der Waals surface area (Å²) in [6.45, 7) is 8.47. The summed E-state index contributed by atoms with van der Waals surface area (Å²) in [6.07, 6.45) is 0. The highest BCUT2D eigenvalue weighted by molar-refractivity contribution is 5.55. The van der Waals surface area contributed by atoms with Crippen molar-refractivity contribution in [3.63, 3.8) is 0 Å². The van der Waals surface area contributed by atoms with Crippen LogP contribution >= 0.6 is 0 Å². The first-order valence-electron chi connectivity index (χ1n) is 5.11. The van der Waals surface area contributed by atoms with E-state index >= 15 is 0 Å². The second kappa shape index (κ2) is 4.09. The molecule has 0 amide bonds. The summed E-state index contributed by atoms with van der Waals surface area (Å²) in [5, 5.41) is 3.24. The van der Waals surface area contributed by atoms with E-state index in [9.17, 15) is 4.39 Å². The quantitative estimate of drug-likeness (QED) is 0.735. The molecule has 1 unspecified atom stereocenters. The van der Waals surface area contributed by atoms with Gasteiger partial charge in [0, 0.05) is 17.4 Å². The molecule has 1 rings (SSSR count). The van der Waals surface area contributed by atoms with E-state index in [4.69, 9.17) is 5.73 Å². The molecule has 0 aromatic heterocycles. The summed E-state index contributed by atoms with van der Waals surface area (Å²) in [5.41, 5.74) is 6.86. The lowest BCUT2D eigenvalue weighted by Crippen LogP contribution is -2.30. The van der Waals surface area contributed by atoms with Crippen LogP contribution in [0.3, 0.4) is 0 Å². The van der Waals surface area contributed by atoms with Gasteiger partial charge in [0.05, 0.1) is 0 Å². The zero-order chi connectivity index (χ0) is 11.6. The molecule has 0 bridgehead atoms. The maximum Gasteiger partial charge on any atom is 0.127 e. The van der Waals surface area contributed by atoms with Crippen LogP contribution in [-0.2, 0) is 0 Å². The van der Waals surface area contributed by atoms with Gasteiger partial charge in [0.15, 0.2) is 0 Å². The van der Waals surface area contributed by atoms with Crippen molar-refractivity contribution >= 4 is 11.4 Å². The van der Waals surface area contributed by atoms with E-state index in [-0.39, 0.29) is 17.3 Å². The Morgan fingerprint density at radius 1 is 1.27 bits per heavy atom. The molecule has 0 saturated carbocycles. The van der Waals surface area contributed by atoms with Crippen molar-refractivity contribution in [3.8, 4) is 0 Å². The summed E-state index contributed by atoms with van der Waals surface area (Å²) in [6, 6.07) is 4.76. The Morgan fingerprint density at radius 2 is 1.87 bits per heavy atom. The number of anilines is 2. The number of rotatable bonds is 2. The van der Waals surface area contributed by atoms with Crippen molar-refractivity contribution < 1.29 is 4.39 Å². The van der Waals surface area contributed by atoms with Gasteiger partial charge in [-0.05, 0) is 30.5 Å². The van der Waals surface area contributed by atoms with Gasteiger partial charge in [-0.3, -0.25) is 0 Å². The Labute approximate surface area is 90.7 Å². The predicted octanol–water partition coefficient (Wildman–Crippen LogP) is 3.25. The minimum Gasteiger partial charge on any atom is -0.399 e. The van der Waals surface area contributed by atoms with Gasteiger partial charge in [-0.2, -0.15) is 0 Å². The Kier molecular flexibility index (Phi) is 3.22. The Balaban J connectivity index is 2.81. The molecule has 0 aliphatic heterocycles. The monoisotopic (exact) mass is 210 g/mol. The summed E-state index contributed by atoms with van der Waals surface area (Å²) in [4.78, 5) is 0. The fourth-order valence-electron chi connectivity index (χ4n) is 1.16. The van der Waals surface area contributed by atoms with Crippen LogP contribution in [0, 0.1) is 11.2 Å². The first-order valence-corrected chi connectivity index (χ1v) is 5.11. The van der Waals surface area contributed by atoms with Crippen LogP contribution in [0.1, 0.15) is 27.7 Å². The molecule has 1 aromatic rings. The molecule has 0 fully saturated rings. The molecular weight excluding hydrogens is 191 g/mol. The number of halogens is 1. The maximum atomic E-state index is 13.1. The van der Waals surface area contributed by atoms with Crippen molar-refractivity contribution in [2.75, 3.05) is 11.1 Å². The van der Waals surface area contributed by atoms with Gasteiger partial charge in [0.25, 0.3) is 0 Å². The normalized spacial score (nSPS) is 13.7. The van der Waals surface area contributed by atoms with Crippen molar-refractivity contribution in [3.05, 3.63) is 24.0 Å². The lowest BCUT2D eigenvalue weighted by atomic mass is 9.88. The fourth-order valence-corrected chi connectivity index (χ4v) is 1.16. The van der Waals surface area contributed by atoms with E-state index < -0.39 is 0 Å². The molecule has 84 valence electrons. The average molecular weight is 210 g/mol. The van der Waals surface area contributed by atoms with E-state index in [0.29, 0.717) is 5.69 Å². The number of benzene rings is 1. The van der Waals surface area contributed by atoms with Crippen LogP contribution in [0.2, 0.25) is 0 Å². The molecule has 0 aliphatic rings. The van der Waals surface area contributed by atoms with E-state index in [1.54, 1.807) is 6.07 Å². The minimum atomic E-state index is -0.307. The van der Waals surface area contributed by atoms with Crippen LogP contribution in [0.4, 0.5) is 15.8 Å². The molecule has 3 N–H and O–H groups in total. The maximum absolute atomic E-state index is 13.1. The third kappa shape index (κ3) is 3.42. The second-order valence-electron chi connectivity index (χ2n) is 5.01. The minimum absolute atomic E-state index is 0.126. The van der Waals surface area contributed by atoms with Crippen LogP contribution in [0.15, 0.2) is 18.2 Å². The highest BCUT2D eigenvalue weighted by Gasteiger charge is 2.19. The van der Waals surface area contributed by atoms with Crippen LogP contribution in [0.25, 0.3) is 0 Å². The molecule has 2 nitrogen and oxygen atoms in total. The van der Waals surface area contributed by atoms with Crippen molar-refractivity contribution in [2.45, 2.75) is 33.7 Å². The van der Waals surface area contributed by atoms with Crippen molar-refractivity contribution in [2.24, 2.45) is 5.41 Å². The number of hydrogen-bond donors (Lipinski definition) is 2. The molecule has 1 atom stereocenters. The van der Waals surface area contributed by atoms with Crippen LogP contribution < -0.4 is 11.1 Å². The summed E-state index contributed by atoms with van der Waals surface area (Å²) in [5.74, 6) is -0.307. The van der Waals surface area contributed by atoms with Crippen LogP contribution in [0.5, 0.6) is 0 Å². The van der Waals surface area contributed by atoms with Gasteiger partial charge < -0.3 is 11.1 Å². The lowest BCUT2D eigenvalue weighted by molar-refractivity contribution is 0.359. The SMILES string of the molecule is CC(Nc1cc(N)cc(F)c1)C(C)(C)C. The Bertz CT molecular complexity index is 322. The van der Waals surface area contributed by atoms with E-state index in [2.05, 4.69) is 33.0 Å². The fraction of sp³-hybridized carbons (Fsp3) is 0.500. The second-order valence-corrected chi connectivity index (χ2v) is 5.01. The molecule has 3 heteroatoms. The molecule has 0 spiro atoms. The third-order valence-corrected chi connectivity index (χ3v) is 2.60. The summed E-state index contributed by atoms with van der Waals surface area (Å²) >= 11 is 0. The highest BCUT2D eigenvalue weighted by atomic mass is 19.1. The molecule has 0 heterocycles. The standard InChI is InChI=1S/C12H19FN2/c1-8(12(2,3)4)15-11-6-9(13)5-10(14)7-11/h5-8,15H,14H2,1-4H3. The Morgan fingerprint density at radius 3 is 2.33 bits per heavy atom. The molecule has 0 aliphatic carbocycles. The summed E-state index contributed by atoms with van der Waals surface area (Å²) < 4.78 is 13.1. The van der Waals surface area contributed by atoms with Gasteiger partial charge in [0.2, 0.25) is 0 Å². The summed E-state index contributed by atoms with van der Waals surface area (Å²) in [7, 11) is 0. The molecule has 1 aromatic carbocycles.